The molecule has 0 radical (unpaired) electrons. The number of carbonyl (C=O) groups is 1. The minimum atomic E-state index is -0.157. The minimum absolute atomic E-state index is 0.0362. The number of hydrogen-bond acceptors (Lipinski definition) is 2. The van der Waals surface area contributed by atoms with Crippen molar-refractivity contribution in [3.8, 4) is 0 Å². The van der Waals surface area contributed by atoms with Crippen molar-refractivity contribution in [2.75, 3.05) is 5.32 Å². The van der Waals surface area contributed by atoms with E-state index in [1.807, 2.05) is 50.2 Å². The largest absolute Gasteiger partial charge is 0.325 e. The van der Waals surface area contributed by atoms with Crippen LogP contribution in [0, 0.1) is 6.92 Å². The van der Waals surface area contributed by atoms with E-state index >= 15 is 0 Å². The Morgan fingerprint density at radius 1 is 1.09 bits per heavy atom. The molecule has 2 nitrogen and oxygen atoms in total. The van der Waals surface area contributed by atoms with Crippen LogP contribution >= 0.6 is 27.7 Å². The Balaban J connectivity index is 2.11. The molecule has 0 aliphatic rings. The van der Waals surface area contributed by atoms with Crippen molar-refractivity contribution in [1.29, 1.82) is 0 Å². The zero-order valence-electron chi connectivity index (χ0n) is 13.9. The highest BCUT2D eigenvalue weighted by atomic mass is 79.9. The first-order valence-electron chi connectivity index (χ1n) is 7.71. The van der Waals surface area contributed by atoms with E-state index in [0.29, 0.717) is 5.92 Å². The Morgan fingerprint density at radius 2 is 1.74 bits per heavy atom. The number of carbonyl (C=O) groups excluding carboxylic acids is 1. The summed E-state index contributed by atoms with van der Waals surface area (Å²) in [7, 11) is 0. The zero-order chi connectivity index (χ0) is 17.0. The number of aryl methyl sites for hydroxylation is 1. The van der Waals surface area contributed by atoms with Gasteiger partial charge in [-0.25, -0.2) is 0 Å². The van der Waals surface area contributed by atoms with Gasteiger partial charge in [0.25, 0.3) is 0 Å². The lowest BCUT2D eigenvalue weighted by Crippen LogP contribution is -2.23. The predicted octanol–water partition coefficient (Wildman–Crippen LogP) is 6.00. The lowest BCUT2D eigenvalue weighted by molar-refractivity contribution is -0.115. The van der Waals surface area contributed by atoms with Crippen LogP contribution in [0.5, 0.6) is 0 Å². The first kappa shape index (κ1) is 18.1. The van der Waals surface area contributed by atoms with Crippen LogP contribution in [0.25, 0.3) is 0 Å². The Hall–Kier alpha value is -1.26. The van der Waals surface area contributed by atoms with Crippen molar-refractivity contribution < 1.29 is 4.79 Å². The third-order valence-electron chi connectivity index (χ3n) is 3.67. The molecular formula is C19H22BrNOS. The van der Waals surface area contributed by atoms with E-state index in [1.54, 1.807) is 11.8 Å². The topological polar surface area (TPSA) is 29.1 Å². The van der Waals surface area contributed by atoms with Crippen LogP contribution in [-0.4, -0.2) is 11.2 Å². The van der Waals surface area contributed by atoms with Gasteiger partial charge in [-0.05, 0) is 55.2 Å². The zero-order valence-corrected chi connectivity index (χ0v) is 16.3. The van der Waals surface area contributed by atoms with Crippen LogP contribution in [0.2, 0.25) is 0 Å². The summed E-state index contributed by atoms with van der Waals surface area (Å²) in [4.78, 5) is 13.7. The number of anilines is 1. The average Bonchev–Trinajstić information content (AvgIpc) is 2.51. The molecule has 4 heteroatoms. The number of halogens is 1. The SMILES string of the molecule is Cc1cccc(C(C)C)c1NC(=O)[C@H](C)Sc1ccc(Br)cc1. The number of hydrogen-bond donors (Lipinski definition) is 1. The second-order valence-corrected chi connectivity index (χ2v) is 8.23. The van der Waals surface area contributed by atoms with E-state index in [-0.39, 0.29) is 11.2 Å². The van der Waals surface area contributed by atoms with Gasteiger partial charge in [0, 0.05) is 15.1 Å². The number of para-hydroxylation sites is 1. The second-order valence-electron chi connectivity index (χ2n) is 5.90. The summed E-state index contributed by atoms with van der Waals surface area (Å²) in [5.41, 5.74) is 3.24. The Kier molecular flexibility index (Phi) is 6.31. The molecule has 2 rings (SSSR count). The molecule has 1 N–H and O–H groups in total. The molecule has 0 aliphatic carbocycles. The van der Waals surface area contributed by atoms with Crippen molar-refractivity contribution >= 4 is 39.3 Å². The predicted molar refractivity (Wildman–Crippen MR) is 103 cm³/mol. The van der Waals surface area contributed by atoms with Gasteiger partial charge in [-0.2, -0.15) is 0 Å². The maximum Gasteiger partial charge on any atom is 0.237 e. The highest BCUT2D eigenvalue weighted by Crippen LogP contribution is 2.30. The lowest BCUT2D eigenvalue weighted by Gasteiger charge is -2.18. The van der Waals surface area contributed by atoms with Crippen molar-refractivity contribution in [3.05, 3.63) is 58.1 Å². The summed E-state index contributed by atoms with van der Waals surface area (Å²) in [6.07, 6.45) is 0. The van der Waals surface area contributed by atoms with Gasteiger partial charge in [0.1, 0.15) is 0 Å². The molecule has 0 spiro atoms. The number of benzene rings is 2. The van der Waals surface area contributed by atoms with E-state index in [0.717, 1.165) is 20.6 Å². The van der Waals surface area contributed by atoms with Crippen molar-refractivity contribution in [2.45, 2.75) is 43.8 Å². The standard InChI is InChI=1S/C19H22BrNOS/c1-12(2)17-7-5-6-13(3)18(17)21-19(22)14(4)23-16-10-8-15(20)9-11-16/h5-12,14H,1-4H3,(H,21,22)/t14-/m0/s1. The summed E-state index contributed by atoms with van der Waals surface area (Å²) < 4.78 is 1.04. The van der Waals surface area contributed by atoms with Crippen LogP contribution in [0.4, 0.5) is 5.69 Å². The molecule has 23 heavy (non-hydrogen) atoms. The van der Waals surface area contributed by atoms with Gasteiger partial charge in [0.15, 0.2) is 0 Å². The Labute approximate surface area is 151 Å². The summed E-state index contributed by atoms with van der Waals surface area (Å²) in [5.74, 6) is 0.411. The molecule has 0 aliphatic heterocycles. The molecule has 2 aromatic carbocycles. The second kappa shape index (κ2) is 8.02. The van der Waals surface area contributed by atoms with Gasteiger partial charge in [0.05, 0.1) is 5.25 Å². The molecular weight excluding hydrogens is 370 g/mol. The van der Waals surface area contributed by atoms with Crippen LogP contribution in [0.3, 0.4) is 0 Å². The fourth-order valence-corrected chi connectivity index (χ4v) is 3.47. The average molecular weight is 392 g/mol. The smallest absolute Gasteiger partial charge is 0.237 e. The first-order chi connectivity index (χ1) is 10.9. The van der Waals surface area contributed by atoms with Gasteiger partial charge in [-0.15, -0.1) is 11.8 Å². The highest BCUT2D eigenvalue weighted by Gasteiger charge is 2.18. The van der Waals surface area contributed by atoms with Crippen LogP contribution in [0.1, 0.15) is 37.8 Å². The normalized spacial score (nSPS) is 12.3. The Morgan fingerprint density at radius 3 is 2.35 bits per heavy atom. The number of nitrogens with one attached hydrogen (secondary N) is 1. The lowest BCUT2D eigenvalue weighted by atomic mass is 9.98. The molecule has 122 valence electrons. The van der Waals surface area contributed by atoms with Gasteiger partial charge in [0.2, 0.25) is 5.91 Å². The highest BCUT2D eigenvalue weighted by molar-refractivity contribution is 9.10. The minimum Gasteiger partial charge on any atom is -0.325 e. The van der Waals surface area contributed by atoms with E-state index < -0.39 is 0 Å². The van der Waals surface area contributed by atoms with Crippen LogP contribution in [0.15, 0.2) is 51.8 Å². The molecule has 0 aromatic heterocycles. The Bertz CT molecular complexity index is 682. The van der Waals surface area contributed by atoms with Gasteiger partial charge < -0.3 is 5.32 Å². The third kappa shape index (κ3) is 4.85. The van der Waals surface area contributed by atoms with Crippen molar-refractivity contribution in [1.82, 2.24) is 0 Å². The molecule has 2 aromatic rings. The van der Waals surface area contributed by atoms with E-state index in [4.69, 9.17) is 0 Å². The van der Waals surface area contributed by atoms with E-state index in [1.165, 1.54) is 5.56 Å². The van der Waals surface area contributed by atoms with Crippen molar-refractivity contribution in [3.63, 3.8) is 0 Å². The maximum atomic E-state index is 12.6. The van der Waals surface area contributed by atoms with E-state index in [9.17, 15) is 4.79 Å². The van der Waals surface area contributed by atoms with Gasteiger partial charge in [-0.1, -0.05) is 48.0 Å². The number of amides is 1. The quantitative estimate of drug-likeness (QED) is 0.633. The fraction of sp³-hybridized carbons (Fsp3) is 0.316. The third-order valence-corrected chi connectivity index (χ3v) is 5.31. The van der Waals surface area contributed by atoms with Crippen molar-refractivity contribution in [2.24, 2.45) is 0 Å². The van der Waals surface area contributed by atoms with Crippen LogP contribution in [-0.2, 0) is 4.79 Å². The fourth-order valence-electron chi connectivity index (χ4n) is 2.34. The molecule has 0 fully saturated rings. The molecule has 0 saturated carbocycles. The molecule has 0 unspecified atom stereocenters. The summed E-state index contributed by atoms with van der Waals surface area (Å²) in [6, 6.07) is 14.2. The summed E-state index contributed by atoms with van der Waals surface area (Å²) >= 11 is 4.99. The maximum absolute atomic E-state index is 12.6. The monoisotopic (exact) mass is 391 g/mol. The van der Waals surface area contributed by atoms with Gasteiger partial charge in [-0.3, -0.25) is 4.79 Å². The number of thioether (sulfide) groups is 1. The molecule has 1 amide bonds. The molecule has 1 atom stereocenters. The van der Waals surface area contributed by atoms with Gasteiger partial charge >= 0.3 is 0 Å². The summed E-state index contributed by atoms with van der Waals surface area (Å²) in [5, 5.41) is 2.97. The van der Waals surface area contributed by atoms with E-state index in [2.05, 4.69) is 41.2 Å². The van der Waals surface area contributed by atoms with Crippen LogP contribution < -0.4 is 5.32 Å². The molecule has 0 heterocycles. The molecule has 0 bridgehead atoms. The first-order valence-corrected chi connectivity index (χ1v) is 9.38. The molecule has 0 saturated heterocycles. The number of rotatable bonds is 5. The summed E-state index contributed by atoms with van der Waals surface area (Å²) in [6.45, 7) is 8.26.